The van der Waals surface area contributed by atoms with Crippen LogP contribution in [0.3, 0.4) is 0 Å². The largest absolute Gasteiger partial charge is 0.493 e. The minimum Gasteiger partial charge on any atom is -0.493 e. The molecule has 0 radical (unpaired) electrons. The van der Waals surface area contributed by atoms with Crippen LogP contribution in [0.4, 0.5) is 4.39 Å². The van der Waals surface area contributed by atoms with Crippen molar-refractivity contribution in [2.24, 2.45) is 5.92 Å². The molecular formula is C23H27FN2O. The van der Waals surface area contributed by atoms with Crippen LogP contribution in [0, 0.1) is 11.7 Å². The Bertz CT molecular complexity index is 852. The topological polar surface area (TPSA) is 15.7 Å². The molecule has 1 fully saturated rings. The lowest BCUT2D eigenvalue weighted by atomic mass is 9.84. The van der Waals surface area contributed by atoms with Crippen molar-refractivity contribution in [3.8, 4) is 5.75 Å². The highest BCUT2D eigenvalue weighted by molar-refractivity contribution is 5.41. The summed E-state index contributed by atoms with van der Waals surface area (Å²) in [6.45, 7) is 2.76. The first-order chi connectivity index (χ1) is 13.1. The molecule has 0 amide bonds. The first kappa shape index (κ1) is 17.2. The van der Waals surface area contributed by atoms with E-state index in [0.717, 1.165) is 43.9 Å². The van der Waals surface area contributed by atoms with E-state index >= 15 is 0 Å². The van der Waals surface area contributed by atoms with Gasteiger partial charge in [-0.05, 0) is 50.6 Å². The number of hydrogen-bond acceptors (Lipinski definition) is 3. The van der Waals surface area contributed by atoms with Gasteiger partial charge in [-0.25, -0.2) is 4.39 Å². The standard InChI is InChI=1S/C23H27FN2O/c1-25(2)21-13-26(20-11-10-15-6-5-8-19(24)23(15)20)12-17(21)18-14-27-22-9-4-3-7-16(18)22/h3-9,17-18,20-21H,10-14H2,1-2H3/t17?,18?,20-,21?/m1/s1. The van der Waals surface area contributed by atoms with Gasteiger partial charge in [0.1, 0.15) is 11.6 Å². The molecule has 1 aliphatic carbocycles. The fraction of sp³-hybridized carbons (Fsp3) is 0.478. The summed E-state index contributed by atoms with van der Waals surface area (Å²) in [5.41, 5.74) is 3.48. The molecule has 4 atom stereocenters. The summed E-state index contributed by atoms with van der Waals surface area (Å²) in [4.78, 5) is 4.88. The molecule has 0 aromatic heterocycles. The lowest BCUT2D eigenvalue weighted by Crippen LogP contribution is -2.38. The van der Waals surface area contributed by atoms with Gasteiger partial charge in [0.05, 0.1) is 6.61 Å². The van der Waals surface area contributed by atoms with Crippen molar-refractivity contribution in [3.63, 3.8) is 0 Å². The van der Waals surface area contributed by atoms with Crippen LogP contribution in [0.2, 0.25) is 0 Å². The highest BCUT2D eigenvalue weighted by Gasteiger charge is 2.45. The number of ether oxygens (including phenoxy) is 1. The van der Waals surface area contributed by atoms with E-state index in [0.29, 0.717) is 17.9 Å². The lowest BCUT2D eigenvalue weighted by Gasteiger charge is -2.28. The van der Waals surface area contributed by atoms with Gasteiger partial charge in [-0.3, -0.25) is 4.90 Å². The van der Waals surface area contributed by atoms with Gasteiger partial charge in [0.25, 0.3) is 0 Å². The molecule has 2 aromatic carbocycles. The Morgan fingerprint density at radius 1 is 1.07 bits per heavy atom. The molecule has 0 bridgehead atoms. The maximum Gasteiger partial charge on any atom is 0.128 e. The molecule has 4 heteroatoms. The second-order valence-electron chi connectivity index (χ2n) is 8.47. The quantitative estimate of drug-likeness (QED) is 0.821. The molecule has 0 spiro atoms. The number of likely N-dealkylation sites (tertiary alicyclic amines) is 1. The number of para-hydroxylation sites is 1. The second kappa shape index (κ2) is 6.61. The molecule has 2 aliphatic heterocycles. The number of aryl methyl sites for hydroxylation is 1. The predicted molar refractivity (Wildman–Crippen MR) is 105 cm³/mol. The van der Waals surface area contributed by atoms with Crippen molar-refractivity contribution in [2.45, 2.75) is 30.8 Å². The highest BCUT2D eigenvalue weighted by Crippen LogP contribution is 2.46. The Balaban J connectivity index is 1.44. The normalized spacial score (nSPS) is 29.8. The molecule has 3 aliphatic rings. The Hall–Kier alpha value is -1.91. The van der Waals surface area contributed by atoms with Crippen LogP contribution in [0.25, 0.3) is 0 Å². The molecule has 0 N–H and O–H groups in total. The number of benzene rings is 2. The zero-order valence-electron chi connectivity index (χ0n) is 16.1. The van der Waals surface area contributed by atoms with Gasteiger partial charge in [-0.1, -0.05) is 30.3 Å². The fourth-order valence-corrected chi connectivity index (χ4v) is 5.56. The third-order valence-corrected chi connectivity index (χ3v) is 6.88. The number of rotatable bonds is 3. The molecule has 0 saturated carbocycles. The van der Waals surface area contributed by atoms with E-state index in [1.54, 1.807) is 6.07 Å². The van der Waals surface area contributed by atoms with E-state index < -0.39 is 0 Å². The van der Waals surface area contributed by atoms with Crippen LogP contribution >= 0.6 is 0 Å². The summed E-state index contributed by atoms with van der Waals surface area (Å²) in [7, 11) is 4.35. The molecule has 2 heterocycles. The SMILES string of the molecule is CN(C)C1CN([C@@H]2CCc3cccc(F)c32)CC1C1COc2ccccc21. The van der Waals surface area contributed by atoms with Gasteiger partial charge in [0, 0.05) is 42.2 Å². The average molecular weight is 366 g/mol. The van der Waals surface area contributed by atoms with Crippen molar-refractivity contribution in [1.82, 2.24) is 9.80 Å². The molecule has 1 saturated heterocycles. The number of fused-ring (bicyclic) bond motifs is 2. The van der Waals surface area contributed by atoms with E-state index in [1.165, 1.54) is 11.1 Å². The van der Waals surface area contributed by atoms with E-state index in [9.17, 15) is 4.39 Å². The van der Waals surface area contributed by atoms with Gasteiger partial charge in [-0.2, -0.15) is 0 Å². The lowest BCUT2D eigenvalue weighted by molar-refractivity contribution is 0.206. The molecule has 5 rings (SSSR count). The number of hydrogen-bond donors (Lipinski definition) is 0. The van der Waals surface area contributed by atoms with E-state index in [1.807, 2.05) is 12.1 Å². The third-order valence-electron chi connectivity index (χ3n) is 6.88. The summed E-state index contributed by atoms with van der Waals surface area (Å²) >= 11 is 0. The molecule has 3 nitrogen and oxygen atoms in total. The van der Waals surface area contributed by atoms with Crippen LogP contribution in [-0.4, -0.2) is 49.6 Å². The second-order valence-corrected chi connectivity index (χ2v) is 8.47. The summed E-state index contributed by atoms with van der Waals surface area (Å²) in [5, 5.41) is 0. The van der Waals surface area contributed by atoms with Crippen LogP contribution in [0.15, 0.2) is 42.5 Å². The van der Waals surface area contributed by atoms with Crippen LogP contribution in [-0.2, 0) is 6.42 Å². The highest BCUT2D eigenvalue weighted by atomic mass is 19.1. The molecule has 27 heavy (non-hydrogen) atoms. The van der Waals surface area contributed by atoms with Crippen LogP contribution < -0.4 is 4.74 Å². The molecule has 3 unspecified atom stereocenters. The van der Waals surface area contributed by atoms with Crippen molar-refractivity contribution >= 4 is 0 Å². The zero-order valence-corrected chi connectivity index (χ0v) is 16.1. The Morgan fingerprint density at radius 3 is 2.78 bits per heavy atom. The molecular weight excluding hydrogens is 339 g/mol. The van der Waals surface area contributed by atoms with Crippen LogP contribution in [0.1, 0.15) is 35.1 Å². The van der Waals surface area contributed by atoms with Gasteiger partial charge >= 0.3 is 0 Å². The minimum atomic E-state index is -0.0330. The van der Waals surface area contributed by atoms with Crippen molar-refractivity contribution in [2.75, 3.05) is 33.8 Å². The van der Waals surface area contributed by atoms with E-state index in [-0.39, 0.29) is 11.9 Å². The number of likely N-dealkylation sites (N-methyl/N-ethyl adjacent to an activating group) is 1. The summed E-state index contributed by atoms with van der Waals surface area (Å²) < 4.78 is 20.6. The number of nitrogens with zero attached hydrogens (tertiary/aromatic N) is 2. The van der Waals surface area contributed by atoms with Gasteiger partial charge in [-0.15, -0.1) is 0 Å². The molecule has 142 valence electrons. The van der Waals surface area contributed by atoms with Crippen molar-refractivity contribution in [1.29, 1.82) is 0 Å². The summed E-state index contributed by atoms with van der Waals surface area (Å²) in [6.07, 6.45) is 2.02. The maximum atomic E-state index is 14.6. The van der Waals surface area contributed by atoms with Gasteiger partial charge < -0.3 is 9.64 Å². The monoisotopic (exact) mass is 366 g/mol. The minimum absolute atomic E-state index is 0.0330. The predicted octanol–water partition coefficient (Wildman–Crippen LogP) is 3.85. The number of halogens is 1. The first-order valence-electron chi connectivity index (χ1n) is 10.0. The third kappa shape index (κ3) is 2.77. The Kier molecular flexibility index (Phi) is 4.21. The fourth-order valence-electron chi connectivity index (χ4n) is 5.56. The van der Waals surface area contributed by atoms with Crippen molar-refractivity contribution in [3.05, 3.63) is 65.0 Å². The van der Waals surface area contributed by atoms with Gasteiger partial charge in [0.15, 0.2) is 0 Å². The molecule has 2 aromatic rings. The smallest absolute Gasteiger partial charge is 0.128 e. The average Bonchev–Trinajstić information content (AvgIpc) is 3.37. The van der Waals surface area contributed by atoms with E-state index in [4.69, 9.17) is 4.74 Å². The zero-order chi connectivity index (χ0) is 18.5. The van der Waals surface area contributed by atoms with Crippen molar-refractivity contribution < 1.29 is 9.13 Å². The summed E-state index contributed by atoms with van der Waals surface area (Å²) in [5.74, 6) is 1.92. The van der Waals surface area contributed by atoms with Crippen LogP contribution in [0.5, 0.6) is 5.75 Å². The maximum absolute atomic E-state index is 14.6. The Morgan fingerprint density at radius 2 is 1.93 bits per heavy atom. The van der Waals surface area contributed by atoms with E-state index in [2.05, 4.69) is 48.2 Å². The van der Waals surface area contributed by atoms with Gasteiger partial charge in [0.2, 0.25) is 0 Å². The Labute approximate surface area is 160 Å². The first-order valence-corrected chi connectivity index (χ1v) is 10.0. The summed E-state index contributed by atoms with van der Waals surface area (Å²) in [6, 6.07) is 14.7.